The molecule has 1 aromatic carbocycles. The highest BCUT2D eigenvalue weighted by molar-refractivity contribution is 6.21. The van der Waals surface area contributed by atoms with Crippen LogP contribution in [0.2, 0.25) is 0 Å². The van der Waals surface area contributed by atoms with Gasteiger partial charge in [-0.1, -0.05) is 62.1 Å². The first-order chi connectivity index (χ1) is 18.5. The van der Waals surface area contributed by atoms with E-state index >= 15 is 0 Å². The predicted molar refractivity (Wildman–Crippen MR) is 154 cm³/mol. The van der Waals surface area contributed by atoms with Gasteiger partial charge in [-0.05, 0) is 107 Å². The largest absolute Gasteiger partial charge is 0.393 e. The molecule has 5 nitrogen and oxygen atoms in total. The van der Waals surface area contributed by atoms with Gasteiger partial charge in [-0.15, -0.1) is 0 Å². The maximum absolute atomic E-state index is 13.1. The molecular formula is C34H47NO4. The lowest BCUT2D eigenvalue weighted by atomic mass is 9.60. The van der Waals surface area contributed by atoms with Gasteiger partial charge in [0.25, 0.3) is 11.8 Å². The molecule has 2 amide bonds. The molecule has 5 rings (SSSR count). The quantitative estimate of drug-likeness (QED) is 0.376. The number of hydrogen-bond acceptors (Lipinski definition) is 4. The number of carbonyl (C=O) groups is 2. The number of benzene rings is 1. The average molecular weight is 534 g/mol. The van der Waals surface area contributed by atoms with Gasteiger partial charge in [0, 0.05) is 6.04 Å². The topological polar surface area (TPSA) is 77.8 Å². The minimum absolute atomic E-state index is 0.232. The van der Waals surface area contributed by atoms with Crippen molar-refractivity contribution in [2.24, 2.45) is 23.2 Å². The van der Waals surface area contributed by atoms with Gasteiger partial charge in [-0.25, -0.2) is 0 Å². The van der Waals surface area contributed by atoms with E-state index in [1.165, 1.54) is 37.0 Å². The Balaban J connectivity index is 1.28. The predicted octanol–water partition coefficient (Wildman–Crippen LogP) is 6.84. The molecular weight excluding hydrogens is 486 g/mol. The Morgan fingerprint density at radius 2 is 1.79 bits per heavy atom. The van der Waals surface area contributed by atoms with E-state index in [1.807, 2.05) is 13.8 Å². The highest BCUT2D eigenvalue weighted by Gasteiger charge is 2.50. The second-order valence-electron chi connectivity index (χ2n) is 13.8. The monoisotopic (exact) mass is 533 g/mol. The van der Waals surface area contributed by atoms with Crippen molar-refractivity contribution < 1.29 is 19.8 Å². The number of aliphatic hydroxyl groups is 2. The molecule has 3 saturated carbocycles. The lowest BCUT2D eigenvalue weighted by Crippen LogP contribution is -2.44. The molecule has 0 radical (unpaired) electrons. The van der Waals surface area contributed by atoms with Crippen LogP contribution >= 0.6 is 0 Å². The summed E-state index contributed by atoms with van der Waals surface area (Å²) in [4.78, 5) is 27.5. The molecule has 4 aliphatic rings. The highest BCUT2D eigenvalue weighted by Crippen LogP contribution is 2.60. The Kier molecular flexibility index (Phi) is 7.96. The van der Waals surface area contributed by atoms with Gasteiger partial charge < -0.3 is 10.2 Å². The number of aliphatic hydroxyl groups excluding tert-OH is 1. The highest BCUT2D eigenvalue weighted by atomic mass is 16.3. The van der Waals surface area contributed by atoms with Crippen LogP contribution in [0.25, 0.3) is 0 Å². The fourth-order valence-corrected chi connectivity index (χ4v) is 8.54. The van der Waals surface area contributed by atoms with Crippen LogP contribution in [-0.4, -0.2) is 44.7 Å². The zero-order valence-electron chi connectivity index (χ0n) is 24.3. The third-order valence-corrected chi connectivity index (χ3v) is 10.4. The molecule has 0 bridgehead atoms. The van der Waals surface area contributed by atoms with Gasteiger partial charge in [-0.2, -0.15) is 0 Å². The fourth-order valence-electron chi connectivity index (χ4n) is 8.54. The first-order valence-corrected chi connectivity index (χ1v) is 15.2. The summed E-state index contributed by atoms with van der Waals surface area (Å²) in [5.41, 5.74) is 3.36. The molecule has 5 heteroatoms. The van der Waals surface area contributed by atoms with Gasteiger partial charge in [0.05, 0.1) is 22.8 Å². The summed E-state index contributed by atoms with van der Waals surface area (Å²) in [7, 11) is 0. The van der Waals surface area contributed by atoms with Gasteiger partial charge in [0.1, 0.15) is 0 Å². The van der Waals surface area contributed by atoms with E-state index in [1.54, 1.807) is 29.8 Å². The van der Waals surface area contributed by atoms with Gasteiger partial charge in [-0.3, -0.25) is 14.5 Å². The van der Waals surface area contributed by atoms with Crippen LogP contribution in [0.15, 0.2) is 47.6 Å². The van der Waals surface area contributed by atoms with Crippen molar-refractivity contribution >= 4 is 11.8 Å². The Bertz CT molecular complexity index is 1120. The third-order valence-electron chi connectivity index (χ3n) is 10.4. The van der Waals surface area contributed by atoms with E-state index in [-0.39, 0.29) is 17.9 Å². The van der Waals surface area contributed by atoms with Gasteiger partial charge >= 0.3 is 0 Å². The number of carbonyl (C=O) groups excluding carboxylic acids is 2. The Morgan fingerprint density at radius 1 is 1.10 bits per heavy atom. The first-order valence-electron chi connectivity index (χ1n) is 15.2. The summed E-state index contributed by atoms with van der Waals surface area (Å²) < 4.78 is 0. The number of nitrogens with zero attached hydrogens (tertiary/aromatic N) is 1. The molecule has 1 unspecified atom stereocenters. The molecule has 1 aliphatic heterocycles. The van der Waals surface area contributed by atoms with E-state index in [0.717, 1.165) is 30.8 Å². The van der Waals surface area contributed by atoms with Crippen LogP contribution in [0.4, 0.5) is 0 Å². The van der Waals surface area contributed by atoms with E-state index in [4.69, 9.17) is 0 Å². The lowest BCUT2D eigenvalue weighted by molar-refractivity contribution is 0.0472. The molecule has 3 aliphatic carbocycles. The van der Waals surface area contributed by atoms with E-state index in [0.29, 0.717) is 47.6 Å². The molecule has 0 aromatic heterocycles. The Morgan fingerprint density at radius 3 is 2.46 bits per heavy atom. The van der Waals surface area contributed by atoms with E-state index in [9.17, 15) is 19.8 Å². The van der Waals surface area contributed by atoms with Crippen LogP contribution in [-0.2, 0) is 0 Å². The van der Waals surface area contributed by atoms with Crippen molar-refractivity contribution in [1.29, 1.82) is 0 Å². The molecule has 1 aromatic rings. The van der Waals surface area contributed by atoms with Crippen LogP contribution in [0.5, 0.6) is 0 Å². The van der Waals surface area contributed by atoms with Crippen molar-refractivity contribution in [3.63, 3.8) is 0 Å². The summed E-state index contributed by atoms with van der Waals surface area (Å²) in [6, 6.07) is 6.73. The van der Waals surface area contributed by atoms with E-state index in [2.05, 4.69) is 26.0 Å². The molecule has 39 heavy (non-hydrogen) atoms. The number of hydrogen-bond donors (Lipinski definition) is 2. The van der Waals surface area contributed by atoms with Gasteiger partial charge in [0.15, 0.2) is 0 Å². The maximum Gasteiger partial charge on any atom is 0.261 e. The molecule has 3 fully saturated rings. The van der Waals surface area contributed by atoms with Gasteiger partial charge in [0.2, 0.25) is 0 Å². The SMILES string of the molecule is C[C@H](CCCC(C)(C)O)[C@H]1CC[C@H]2/C(=C/C=C3/CC(N4C(=O)c5ccccc5C4=O)C[C@H](O)C3)CCC[C@]12C. The zero-order chi connectivity index (χ0) is 27.9. The second kappa shape index (κ2) is 11.0. The second-order valence-corrected chi connectivity index (χ2v) is 13.8. The Labute approximate surface area is 234 Å². The molecule has 0 saturated heterocycles. The molecule has 6 atom stereocenters. The zero-order valence-corrected chi connectivity index (χ0v) is 24.3. The summed E-state index contributed by atoms with van der Waals surface area (Å²) in [5, 5.41) is 20.9. The molecule has 1 heterocycles. The number of allylic oxidation sites excluding steroid dienone is 3. The van der Waals surface area contributed by atoms with Crippen molar-refractivity contribution in [1.82, 2.24) is 4.90 Å². The first kappa shape index (κ1) is 28.3. The average Bonchev–Trinajstić information content (AvgIpc) is 3.35. The van der Waals surface area contributed by atoms with Crippen LogP contribution < -0.4 is 0 Å². The standard InChI is InChI=1S/C34H47NO4/c1-22(9-7-17-33(2,3)39)29-15-16-30-24(10-8-18-34(29,30)4)14-13-23-19-25(21-26(36)20-23)35-31(37)27-11-5-6-12-28(27)32(35)38/h5-6,11-14,22,25-26,29-30,36,39H,7-10,15-21H2,1-4H3/b23-13-,24-14+/t22-,25?,26-,29-,30+,34-/m1/s1. The molecule has 2 N–H and O–H groups in total. The summed E-state index contributed by atoms with van der Waals surface area (Å²) in [6.45, 7) is 8.76. The molecule has 212 valence electrons. The summed E-state index contributed by atoms with van der Waals surface area (Å²) in [6.07, 6.45) is 14.9. The van der Waals surface area contributed by atoms with Crippen LogP contribution in [0, 0.1) is 23.2 Å². The number of fused-ring (bicyclic) bond motifs is 2. The van der Waals surface area contributed by atoms with Crippen molar-refractivity contribution in [3.8, 4) is 0 Å². The number of imide groups is 1. The summed E-state index contributed by atoms with van der Waals surface area (Å²) in [5.74, 6) is 1.52. The Hall–Kier alpha value is -2.24. The molecule has 0 spiro atoms. The van der Waals surface area contributed by atoms with E-state index < -0.39 is 11.7 Å². The van der Waals surface area contributed by atoms with Crippen molar-refractivity contribution in [2.45, 2.75) is 116 Å². The van der Waals surface area contributed by atoms with Crippen molar-refractivity contribution in [2.75, 3.05) is 0 Å². The summed E-state index contributed by atoms with van der Waals surface area (Å²) >= 11 is 0. The van der Waals surface area contributed by atoms with Crippen LogP contribution in [0.3, 0.4) is 0 Å². The minimum Gasteiger partial charge on any atom is -0.393 e. The smallest absolute Gasteiger partial charge is 0.261 e. The minimum atomic E-state index is -0.582. The van der Waals surface area contributed by atoms with Crippen molar-refractivity contribution in [3.05, 3.63) is 58.7 Å². The third kappa shape index (κ3) is 5.67. The normalized spacial score (nSPS) is 34.1. The lowest BCUT2D eigenvalue weighted by Gasteiger charge is -2.44. The number of amides is 2. The van der Waals surface area contributed by atoms with Crippen LogP contribution in [0.1, 0.15) is 119 Å². The fraction of sp³-hybridized carbons (Fsp3) is 0.647. The number of rotatable bonds is 7. The maximum atomic E-state index is 13.1.